The Bertz CT molecular complexity index is 426. The van der Waals surface area contributed by atoms with Crippen LogP contribution >= 0.6 is 0 Å². The molecule has 0 saturated carbocycles. The molecule has 19 heavy (non-hydrogen) atoms. The summed E-state index contributed by atoms with van der Waals surface area (Å²) in [6.07, 6.45) is 4.74. The fourth-order valence-corrected chi connectivity index (χ4v) is 2.78. The van der Waals surface area contributed by atoms with Gasteiger partial charge < -0.3 is 0 Å². The van der Waals surface area contributed by atoms with Crippen molar-refractivity contribution in [2.24, 2.45) is 0 Å². The maximum Gasteiger partial charge on any atom is 0.125 e. The molecule has 4 nitrogen and oxygen atoms in total. The highest BCUT2D eigenvalue weighted by Gasteiger charge is 2.28. The first-order chi connectivity index (χ1) is 9.26. The lowest BCUT2D eigenvalue weighted by Gasteiger charge is -2.41. The summed E-state index contributed by atoms with van der Waals surface area (Å²) in [6.45, 7) is 8.57. The predicted molar refractivity (Wildman–Crippen MR) is 75.5 cm³/mol. The van der Waals surface area contributed by atoms with E-state index in [9.17, 15) is 5.26 Å². The van der Waals surface area contributed by atoms with Crippen molar-refractivity contribution in [2.75, 3.05) is 26.2 Å². The first kappa shape index (κ1) is 14.0. The maximum absolute atomic E-state index is 9.45. The summed E-state index contributed by atoms with van der Waals surface area (Å²) < 4.78 is 0. The number of rotatable bonds is 4. The molecule has 1 fully saturated rings. The van der Waals surface area contributed by atoms with Crippen LogP contribution in [-0.4, -0.2) is 47.0 Å². The van der Waals surface area contributed by atoms with Crippen LogP contribution < -0.4 is 0 Å². The minimum Gasteiger partial charge on any atom is -0.298 e. The van der Waals surface area contributed by atoms with Crippen LogP contribution in [0.3, 0.4) is 0 Å². The van der Waals surface area contributed by atoms with Crippen LogP contribution in [0.5, 0.6) is 0 Å². The third-order valence-electron chi connectivity index (χ3n) is 3.79. The summed E-state index contributed by atoms with van der Waals surface area (Å²) >= 11 is 0. The largest absolute Gasteiger partial charge is 0.298 e. The zero-order chi connectivity index (χ0) is 13.7. The van der Waals surface area contributed by atoms with Gasteiger partial charge in [-0.15, -0.1) is 0 Å². The Labute approximate surface area is 115 Å². The van der Waals surface area contributed by atoms with Crippen molar-refractivity contribution < 1.29 is 0 Å². The molecule has 2 unspecified atom stereocenters. The molecule has 1 aromatic heterocycles. The van der Waals surface area contributed by atoms with E-state index in [1.807, 2.05) is 12.1 Å². The molecule has 1 aliphatic rings. The molecular weight excluding hydrogens is 236 g/mol. The van der Waals surface area contributed by atoms with Gasteiger partial charge in [0.05, 0.1) is 6.07 Å². The van der Waals surface area contributed by atoms with E-state index in [2.05, 4.69) is 34.7 Å². The van der Waals surface area contributed by atoms with Crippen LogP contribution in [-0.2, 0) is 0 Å². The fraction of sp³-hybridized carbons (Fsp3) is 0.600. The molecule has 0 spiro atoms. The van der Waals surface area contributed by atoms with Gasteiger partial charge >= 0.3 is 0 Å². The zero-order valence-electron chi connectivity index (χ0n) is 11.8. The quantitative estimate of drug-likeness (QED) is 0.829. The van der Waals surface area contributed by atoms with E-state index in [4.69, 9.17) is 0 Å². The number of hydrogen-bond acceptors (Lipinski definition) is 4. The van der Waals surface area contributed by atoms with Crippen molar-refractivity contribution in [3.05, 3.63) is 30.1 Å². The first-order valence-corrected chi connectivity index (χ1v) is 7.04. The Morgan fingerprint density at radius 3 is 2.95 bits per heavy atom. The van der Waals surface area contributed by atoms with Crippen LogP contribution in [0.1, 0.15) is 31.9 Å². The first-order valence-electron chi connectivity index (χ1n) is 7.04. The van der Waals surface area contributed by atoms with Crippen LogP contribution in [0.25, 0.3) is 0 Å². The van der Waals surface area contributed by atoms with E-state index >= 15 is 0 Å². The van der Waals surface area contributed by atoms with E-state index in [1.54, 1.807) is 12.4 Å². The molecule has 0 radical (unpaired) electrons. The van der Waals surface area contributed by atoms with Gasteiger partial charge in [-0.1, -0.05) is 13.0 Å². The van der Waals surface area contributed by atoms with E-state index < -0.39 is 0 Å². The highest BCUT2D eigenvalue weighted by molar-refractivity contribution is 5.20. The molecule has 4 heteroatoms. The van der Waals surface area contributed by atoms with Crippen LogP contribution in [0.2, 0.25) is 0 Å². The average molecular weight is 258 g/mol. The third-order valence-corrected chi connectivity index (χ3v) is 3.79. The lowest BCUT2D eigenvalue weighted by molar-refractivity contribution is 0.0690. The summed E-state index contributed by atoms with van der Waals surface area (Å²) in [6, 6.07) is 6.66. The Balaban J connectivity index is 2.04. The van der Waals surface area contributed by atoms with Crippen molar-refractivity contribution in [3.8, 4) is 6.07 Å². The third kappa shape index (κ3) is 3.31. The molecule has 0 amide bonds. The smallest absolute Gasteiger partial charge is 0.125 e. The minimum absolute atomic E-state index is 0.167. The van der Waals surface area contributed by atoms with Gasteiger partial charge in [0, 0.05) is 43.6 Å². The van der Waals surface area contributed by atoms with Gasteiger partial charge in [-0.05, 0) is 26.0 Å². The van der Waals surface area contributed by atoms with Gasteiger partial charge in [-0.25, -0.2) is 0 Å². The second-order valence-corrected chi connectivity index (χ2v) is 5.20. The van der Waals surface area contributed by atoms with Crippen molar-refractivity contribution in [1.82, 2.24) is 14.8 Å². The minimum atomic E-state index is -0.167. The van der Waals surface area contributed by atoms with Gasteiger partial charge in [0.2, 0.25) is 0 Å². The predicted octanol–water partition coefficient (Wildman–Crippen LogP) is 2.06. The van der Waals surface area contributed by atoms with Crippen LogP contribution in [0, 0.1) is 11.3 Å². The van der Waals surface area contributed by atoms with E-state index in [-0.39, 0.29) is 6.04 Å². The molecule has 0 aromatic carbocycles. The molecule has 0 aliphatic carbocycles. The second-order valence-electron chi connectivity index (χ2n) is 5.20. The van der Waals surface area contributed by atoms with Gasteiger partial charge in [0.15, 0.2) is 0 Å². The van der Waals surface area contributed by atoms with Crippen molar-refractivity contribution in [3.63, 3.8) is 0 Å². The molecule has 2 atom stereocenters. The van der Waals surface area contributed by atoms with Crippen LogP contribution in [0.4, 0.5) is 0 Å². The van der Waals surface area contributed by atoms with Gasteiger partial charge in [0.1, 0.15) is 6.04 Å². The van der Waals surface area contributed by atoms with Crippen molar-refractivity contribution in [1.29, 1.82) is 5.26 Å². The van der Waals surface area contributed by atoms with E-state index in [1.165, 1.54) is 6.42 Å². The summed E-state index contributed by atoms with van der Waals surface area (Å²) in [4.78, 5) is 8.90. The number of piperazine rings is 1. The summed E-state index contributed by atoms with van der Waals surface area (Å²) in [5.41, 5.74) is 1.00. The fourth-order valence-electron chi connectivity index (χ4n) is 2.78. The lowest BCUT2D eigenvalue weighted by atomic mass is 10.1. The second kappa shape index (κ2) is 6.65. The molecule has 1 aliphatic heterocycles. The molecule has 1 aromatic rings. The maximum atomic E-state index is 9.45. The van der Waals surface area contributed by atoms with Gasteiger partial charge in [-0.2, -0.15) is 5.26 Å². The molecular formula is C15H22N4. The molecule has 0 bridgehead atoms. The Morgan fingerprint density at radius 2 is 2.37 bits per heavy atom. The summed E-state index contributed by atoms with van der Waals surface area (Å²) in [7, 11) is 0. The summed E-state index contributed by atoms with van der Waals surface area (Å²) in [5, 5.41) is 9.45. The molecule has 102 valence electrons. The monoisotopic (exact) mass is 258 g/mol. The summed E-state index contributed by atoms with van der Waals surface area (Å²) in [5.74, 6) is 0. The highest BCUT2D eigenvalue weighted by Crippen LogP contribution is 2.22. The number of aromatic nitrogens is 1. The normalized spacial score (nSPS) is 22.9. The van der Waals surface area contributed by atoms with Crippen molar-refractivity contribution >= 4 is 0 Å². The molecule has 1 saturated heterocycles. The van der Waals surface area contributed by atoms with E-state index in [0.29, 0.717) is 6.04 Å². The Hall–Kier alpha value is -1.44. The number of nitriles is 1. The highest BCUT2D eigenvalue weighted by atomic mass is 15.3. The Kier molecular flexibility index (Phi) is 4.89. The SMILES string of the molecule is CCCN1CCN(C(C#N)c2cccnc2)CC1C. The van der Waals surface area contributed by atoms with Crippen molar-refractivity contribution in [2.45, 2.75) is 32.4 Å². The number of hydrogen-bond donors (Lipinski definition) is 0. The van der Waals surface area contributed by atoms with Gasteiger partial charge in [-0.3, -0.25) is 14.8 Å². The van der Waals surface area contributed by atoms with Crippen LogP contribution in [0.15, 0.2) is 24.5 Å². The lowest BCUT2D eigenvalue weighted by Crippen LogP contribution is -2.52. The molecule has 2 heterocycles. The van der Waals surface area contributed by atoms with Gasteiger partial charge in [0.25, 0.3) is 0 Å². The molecule has 0 N–H and O–H groups in total. The number of pyridine rings is 1. The standard InChI is InChI=1S/C15H22N4/c1-3-7-18-8-9-19(12-13(18)2)15(10-16)14-5-4-6-17-11-14/h4-6,11,13,15H,3,7-9,12H2,1-2H3. The number of nitrogens with zero attached hydrogens (tertiary/aromatic N) is 4. The topological polar surface area (TPSA) is 43.2 Å². The molecule has 2 rings (SSSR count). The zero-order valence-corrected chi connectivity index (χ0v) is 11.8. The van der Waals surface area contributed by atoms with E-state index in [0.717, 1.165) is 31.7 Å². The average Bonchev–Trinajstić information content (AvgIpc) is 2.44. The Morgan fingerprint density at radius 1 is 1.53 bits per heavy atom.